The van der Waals surface area contributed by atoms with Gasteiger partial charge >= 0.3 is 5.97 Å². The lowest BCUT2D eigenvalue weighted by atomic mass is 10.1. The minimum Gasteiger partial charge on any atom is -0.481 e. The van der Waals surface area contributed by atoms with Crippen LogP contribution in [-0.4, -0.2) is 23.8 Å². The van der Waals surface area contributed by atoms with Gasteiger partial charge in [0, 0.05) is 6.61 Å². The van der Waals surface area contributed by atoms with Gasteiger partial charge in [-0.05, 0) is 25.7 Å². The normalized spacial score (nSPS) is 26.6. The van der Waals surface area contributed by atoms with E-state index in [-0.39, 0.29) is 12.0 Å². The Morgan fingerprint density at radius 2 is 2.21 bits per heavy atom. The summed E-state index contributed by atoms with van der Waals surface area (Å²) in [5, 5.41) is 8.79. The molecule has 3 heteroatoms. The zero-order valence-corrected chi connectivity index (χ0v) is 8.87. The lowest BCUT2D eigenvalue weighted by Gasteiger charge is -2.10. The summed E-state index contributed by atoms with van der Waals surface area (Å²) in [6.07, 6.45) is 6.12. The van der Waals surface area contributed by atoms with Gasteiger partial charge in [-0.25, -0.2) is 0 Å². The standard InChI is InChI=1S/C11H20O3/c1-2-3-4-7-14-10-6-5-9(8-10)11(12)13/h9-10H,2-8H2,1H3,(H,12,13). The molecule has 2 unspecified atom stereocenters. The van der Waals surface area contributed by atoms with Crippen molar-refractivity contribution < 1.29 is 14.6 Å². The third kappa shape index (κ3) is 3.66. The van der Waals surface area contributed by atoms with E-state index in [4.69, 9.17) is 9.84 Å². The maximum Gasteiger partial charge on any atom is 0.306 e. The molecule has 1 rings (SSSR count). The Morgan fingerprint density at radius 3 is 2.79 bits per heavy atom. The van der Waals surface area contributed by atoms with Crippen molar-refractivity contribution in [2.45, 2.75) is 51.6 Å². The van der Waals surface area contributed by atoms with Gasteiger partial charge in [0.15, 0.2) is 0 Å². The molecule has 0 spiro atoms. The zero-order chi connectivity index (χ0) is 10.4. The average molecular weight is 200 g/mol. The molecule has 14 heavy (non-hydrogen) atoms. The SMILES string of the molecule is CCCCCOC1CCC(C(=O)O)C1. The fraction of sp³-hybridized carbons (Fsp3) is 0.909. The van der Waals surface area contributed by atoms with Crippen molar-refractivity contribution in [3.63, 3.8) is 0 Å². The number of hydrogen-bond donors (Lipinski definition) is 1. The van der Waals surface area contributed by atoms with E-state index < -0.39 is 5.97 Å². The van der Waals surface area contributed by atoms with Crippen molar-refractivity contribution in [3.8, 4) is 0 Å². The molecule has 82 valence electrons. The molecule has 0 heterocycles. The second kappa shape index (κ2) is 6.02. The summed E-state index contributed by atoms with van der Waals surface area (Å²) in [7, 11) is 0. The van der Waals surface area contributed by atoms with Crippen molar-refractivity contribution >= 4 is 5.97 Å². The average Bonchev–Trinajstić information content (AvgIpc) is 2.61. The van der Waals surface area contributed by atoms with Crippen molar-refractivity contribution in [1.82, 2.24) is 0 Å². The number of rotatable bonds is 6. The molecule has 1 saturated carbocycles. The Balaban J connectivity index is 2.07. The number of carbonyl (C=O) groups is 1. The molecule has 0 bridgehead atoms. The molecule has 0 aromatic heterocycles. The first-order valence-electron chi connectivity index (χ1n) is 5.58. The van der Waals surface area contributed by atoms with Gasteiger partial charge in [-0.1, -0.05) is 19.8 Å². The van der Waals surface area contributed by atoms with Crippen LogP contribution in [-0.2, 0) is 9.53 Å². The quantitative estimate of drug-likeness (QED) is 0.670. The molecule has 1 fully saturated rings. The third-order valence-corrected chi connectivity index (χ3v) is 2.84. The molecule has 1 aliphatic rings. The molecule has 0 amide bonds. The summed E-state index contributed by atoms with van der Waals surface area (Å²) in [5.41, 5.74) is 0. The largest absolute Gasteiger partial charge is 0.481 e. The first-order chi connectivity index (χ1) is 6.74. The monoisotopic (exact) mass is 200 g/mol. The predicted octanol–water partition coefficient (Wildman–Crippen LogP) is 2.45. The van der Waals surface area contributed by atoms with E-state index in [0.29, 0.717) is 6.42 Å². The van der Waals surface area contributed by atoms with Crippen LogP contribution < -0.4 is 0 Å². The van der Waals surface area contributed by atoms with E-state index in [1.807, 2.05) is 0 Å². The van der Waals surface area contributed by atoms with Gasteiger partial charge in [0.05, 0.1) is 12.0 Å². The fourth-order valence-electron chi connectivity index (χ4n) is 1.92. The minimum atomic E-state index is -0.662. The summed E-state index contributed by atoms with van der Waals surface area (Å²) in [5.74, 6) is -0.823. The highest BCUT2D eigenvalue weighted by atomic mass is 16.5. The number of carboxylic acids is 1. The molecule has 0 aromatic rings. The molecular weight excluding hydrogens is 180 g/mol. The van der Waals surface area contributed by atoms with Crippen LogP contribution in [0.15, 0.2) is 0 Å². The Bertz CT molecular complexity index is 179. The Hall–Kier alpha value is -0.570. The molecule has 2 atom stereocenters. The first kappa shape index (κ1) is 11.5. The molecule has 1 aliphatic carbocycles. The van der Waals surface area contributed by atoms with E-state index in [2.05, 4.69) is 6.92 Å². The van der Waals surface area contributed by atoms with E-state index in [1.54, 1.807) is 0 Å². The van der Waals surface area contributed by atoms with Gasteiger partial charge in [0.1, 0.15) is 0 Å². The van der Waals surface area contributed by atoms with Gasteiger partial charge < -0.3 is 9.84 Å². The number of hydrogen-bond acceptors (Lipinski definition) is 2. The molecule has 0 aliphatic heterocycles. The van der Waals surface area contributed by atoms with E-state index in [9.17, 15) is 4.79 Å². The smallest absolute Gasteiger partial charge is 0.306 e. The Morgan fingerprint density at radius 1 is 1.43 bits per heavy atom. The maximum atomic E-state index is 10.7. The molecule has 3 nitrogen and oxygen atoms in total. The molecule has 0 saturated heterocycles. The van der Waals surface area contributed by atoms with E-state index in [0.717, 1.165) is 25.9 Å². The van der Waals surface area contributed by atoms with Crippen molar-refractivity contribution in [1.29, 1.82) is 0 Å². The lowest BCUT2D eigenvalue weighted by Crippen LogP contribution is -2.13. The van der Waals surface area contributed by atoms with Crippen LogP contribution in [0, 0.1) is 5.92 Å². The van der Waals surface area contributed by atoms with Crippen LogP contribution in [0.4, 0.5) is 0 Å². The second-order valence-electron chi connectivity index (χ2n) is 4.05. The van der Waals surface area contributed by atoms with Crippen LogP contribution >= 0.6 is 0 Å². The number of ether oxygens (including phenoxy) is 1. The lowest BCUT2D eigenvalue weighted by molar-refractivity contribution is -0.141. The summed E-state index contributed by atoms with van der Waals surface area (Å²) in [4.78, 5) is 10.7. The molecule has 0 radical (unpaired) electrons. The van der Waals surface area contributed by atoms with Gasteiger partial charge in [-0.3, -0.25) is 4.79 Å². The maximum absolute atomic E-state index is 10.7. The van der Waals surface area contributed by atoms with Crippen LogP contribution in [0.1, 0.15) is 45.4 Å². The fourth-order valence-corrected chi connectivity index (χ4v) is 1.92. The topological polar surface area (TPSA) is 46.5 Å². The third-order valence-electron chi connectivity index (χ3n) is 2.84. The zero-order valence-electron chi connectivity index (χ0n) is 8.87. The molecular formula is C11H20O3. The van der Waals surface area contributed by atoms with Crippen molar-refractivity contribution in [2.75, 3.05) is 6.61 Å². The summed E-state index contributed by atoms with van der Waals surface area (Å²) < 4.78 is 5.62. The highest BCUT2D eigenvalue weighted by Gasteiger charge is 2.29. The van der Waals surface area contributed by atoms with Gasteiger partial charge in [-0.15, -0.1) is 0 Å². The molecule has 1 N–H and O–H groups in total. The number of carboxylic acid groups (broad SMARTS) is 1. The second-order valence-corrected chi connectivity index (χ2v) is 4.05. The van der Waals surface area contributed by atoms with Crippen LogP contribution in [0.3, 0.4) is 0 Å². The van der Waals surface area contributed by atoms with E-state index in [1.165, 1.54) is 12.8 Å². The first-order valence-corrected chi connectivity index (χ1v) is 5.58. The predicted molar refractivity (Wildman–Crippen MR) is 54.2 cm³/mol. The van der Waals surface area contributed by atoms with E-state index >= 15 is 0 Å². The van der Waals surface area contributed by atoms with Crippen molar-refractivity contribution in [2.24, 2.45) is 5.92 Å². The van der Waals surface area contributed by atoms with Crippen LogP contribution in [0.25, 0.3) is 0 Å². The Labute approximate surface area is 85.5 Å². The number of aliphatic carboxylic acids is 1. The highest BCUT2D eigenvalue weighted by molar-refractivity contribution is 5.70. The van der Waals surface area contributed by atoms with Gasteiger partial charge in [0.25, 0.3) is 0 Å². The van der Waals surface area contributed by atoms with Gasteiger partial charge in [-0.2, -0.15) is 0 Å². The van der Waals surface area contributed by atoms with Crippen molar-refractivity contribution in [3.05, 3.63) is 0 Å². The minimum absolute atomic E-state index is 0.161. The van der Waals surface area contributed by atoms with Crippen LogP contribution in [0.2, 0.25) is 0 Å². The summed E-state index contributed by atoms with van der Waals surface area (Å²) in [6, 6.07) is 0. The van der Waals surface area contributed by atoms with Crippen LogP contribution in [0.5, 0.6) is 0 Å². The number of unbranched alkanes of at least 4 members (excludes halogenated alkanes) is 2. The molecule has 0 aromatic carbocycles. The summed E-state index contributed by atoms with van der Waals surface area (Å²) >= 11 is 0. The summed E-state index contributed by atoms with van der Waals surface area (Å²) in [6.45, 7) is 2.96. The highest BCUT2D eigenvalue weighted by Crippen LogP contribution is 2.27. The Kier molecular flexibility index (Phi) is 4.94. The van der Waals surface area contributed by atoms with Gasteiger partial charge in [0.2, 0.25) is 0 Å².